The zero-order valence-corrected chi connectivity index (χ0v) is 41.8. The summed E-state index contributed by atoms with van der Waals surface area (Å²) in [4.78, 5) is 25.7. The second-order valence-corrected chi connectivity index (χ2v) is 19.6. The molecular weight excluding hydrogens is 923 g/mol. The Kier molecular flexibility index (Phi) is 15.9. The molecule has 8 aromatic rings. The number of fused-ring (bicyclic) bond motifs is 2. The molecule has 4 aromatic carbocycles. The van der Waals surface area contributed by atoms with Gasteiger partial charge in [-0.25, -0.2) is 18.4 Å². The number of methoxy groups -OCH3 is 4. The van der Waals surface area contributed by atoms with Gasteiger partial charge in [0.2, 0.25) is 0 Å². The Bertz CT molecular complexity index is 3150. The van der Waals surface area contributed by atoms with Gasteiger partial charge in [-0.1, -0.05) is 0 Å². The molecule has 372 valence electrons. The average molecular weight is 984 g/mol. The summed E-state index contributed by atoms with van der Waals surface area (Å²) in [6.07, 6.45) is 13.9. The van der Waals surface area contributed by atoms with Gasteiger partial charge in [-0.2, -0.15) is 10.2 Å². The summed E-state index contributed by atoms with van der Waals surface area (Å²) in [6.45, 7) is 5.06. The van der Waals surface area contributed by atoms with Gasteiger partial charge in [-0.05, 0) is 62.3 Å². The Balaban J connectivity index is 0.000000191. The number of benzene rings is 4. The fraction of sp³-hybridized carbons (Fsp3) is 0.333. The number of aromatic nitrogens is 8. The van der Waals surface area contributed by atoms with Crippen LogP contribution in [0.4, 0.5) is 22.7 Å². The lowest BCUT2D eigenvalue weighted by atomic mass is 10.1. The number of ether oxygens (including phenoxy) is 4. The highest BCUT2D eigenvalue weighted by Gasteiger charge is 2.20. The van der Waals surface area contributed by atoms with Crippen LogP contribution in [0.25, 0.3) is 44.6 Å². The van der Waals surface area contributed by atoms with E-state index in [-0.39, 0.29) is 12.3 Å². The molecule has 20 heteroatoms. The smallest absolute Gasteiger partial charge is 0.149 e. The molecule has 0 bridgehead atoms. The molecule has 4 N–H and O–H groups in total. The molecule has 1 aliphatic rings. The first-order valence-corrected chi connectivity index (χ1v) is 25.3. The van der Waals surface area contributed by atoms with Gasteiger partial charge < -0.3 is 45.1 Å². The van der Waals surface area contributed by atoms with E-state index in [1.54, 1.807) is 68.8 Å². The fourth-order valence-corrected chi connectivity index (χ4v) is 8.82. The SMILES string of the molecule is COc1cc(OC)cc(N(CCN)c2ccc3ncc(-c4cnn(CCS(C)(=O)=O)c4)nc3c2)c1.COc1cc(OC)cc(N(CCN2CCC(N)CC2)c2ccc3ncc(-c4cnn(C)c4)nc3c2)c1. The Labute approximate surface area is 413 Å². The minimum Gasteiger partial charge on any atom is -0.497 e. The van der Waals surface area contributed by atoms with Crippen LogP contribution >= 0.6 is 0 Å². The van der Waals surface area contributed by atoms with E-state index < -0.39 is 9.84 Å². The third-order valence-electron chi connectivity index (χ3n) is 12.2. The molecule has 4 aromatic heterocycles. The van der Waals surface area contributed by atoms with E-state index in [0.29, 0.717) is 41.8 Å². The zero-order valence-electron chi connectivity index (χ0n) is 41.0. The highest BCUT2D eigenvalue weighted by molar-refractivity contribution is 7.90. The highest BCUT2D eigenvalue weighted by Crippen LogP contribution is 2.36. The van der Waals surface area contributed by atoms with E-state index in [9.17, 15) is 8.42 Å². The molecular formula is C51H61N13O6S. The fourth-order valence-electron chi connectivity index (χ4n) is 8.30. The predicted molar refractivity (Wildman–Crippen MR) is 278 cm³/mol. The molecule has 19 nitrogen and oxygen atoms in total. The van der Waals surface area contributed by atoms with Crippen molar-refractivity contribution in [3.63, 3.8) is 0 Å². The molecule has 9 rings (SSSR count). The number of likely N-dealkylation sites (tertiary alicyclic amines) is 1. The van der Waals surface area contributed by atoms with E-state index >= 15 is 0 Å². The van der Waals surface area contributed by atoms with E-state index in [2.05, 4.69) is 47.0 Å². The van der Waals surface area contributed by atoms with Gasteiger partial charge in [0.05, 0.1) is 99.0 Å². The minimum absolute atomic E-state index is 0.0207. The van der Waals surface area contributed by atoms with E-state index in [1.165, 1.54) is 6.26 Å². The normalized spacial score (nSPS) is 13.2. The van der Waals surface area contributed by atoms with Crippen LogP contribution < -0.4 is 40.2 Å². The summed E-state index contributed by atoms with van der Waals surface area (Å²) >= 11 is 0. The minimum atomic E-state index is -3.07. The largest absolute Gasteiger partial charge is 0.497 e. The second kappa shape index (κ2) is 22.6. The third-order valence-corrected chi connectivity index (χ3v) is 13.1. The molecule has 71 heavy (non-hydrogen) atoms. The van der Waals surface area contributed by atoms with Crippen molar-refractivity contribution in [1.29, 1.82) is 0 Å². The number of hydrogen-bond donors (Lipinski definition) is 2. The van der Waals surface area contributed by atoms with Crippen molar-refractivity contribution in [2.75, 3.05) is 89.5 Å². The topological polar surface area (TPSA) is 220 Å². The number of nitrogens with two attached hydrogens (primary N) is 2. The standard InChI is InChI=1S/C27H33N7O2.C24H28N6O4S/c1-32-18-19(16-30-32)27-17-29-25-5-4-21(14-26(25)31-27)34(11-10-33-8-6-20(28)7-9-33)22-12-23(35-2)15-24(13-22)36-3;1-33-20-10-19(11-21(13-20)34-2)30(7-6-25)18-4-5-22-23(12-18)28-24(15-26-22)17-14-27-29(16-17)8-9-35(3,31)32/h4-5,12-18,20H,6-11,28H2,1-3H3;4-5,10-16H,6-9,25H2,1-3H3. The van der Waals surface area contributed by atoms with Crippen LogP contribution in [0.1, 0.15) is 12.8 Å². The van der Waals surface area contributed by atoms with Crippen LogP contribution in [0.15, 0.2) is 110 Å². The van der Waals surface area contributed by atoms with Crippen molar-refractivity contribution >= 4 is 54.7 Å². The molecule has 1 aliphatic heterocycles. The van der Waals surface area contributed by atoms with Crippen molar-refractivity contribution in [2.24, 2.45) is 18.5 Å². The van der Waals surface area contributed by atoms with Gasteiger partial charge in [-0.3, -0.25) is 19.3 Å². The number of rotatable bonds is 18. The third kappa shape index (κ3) is 12.7. The van der Waals surface area contributed by atoms with Gasteiger partial charge in [-0.15, -0.1) is 0 Å². The molecule has 1 fully saturated rings. The van der Waals surface area contributed by atoms with Crippen molar-refractivity contribution < 1.29 is 27.4 Å². The van der Waals surface area contributed by atoms with Crippen LogP contribution in [0.2, 0.25) is 0 Å². The number of anilines is 4. The van der Waals surface area contributed by atoms with Crippen molar-refractivity contribution in [3.05, 3.63) is 110 Å². The zero-order chi connectivity index (χ0) is 50.1. The Morgan fingerprint density at radius 3 is 1.58 bits per heavy atom. The molecule has 0 unspecified atom stereocenters. The first-order valence-electron chi connectivity index (χ1n) is 23.2. The van der Waals surface area contributed by atoms with Crippen molar-refractivity contribution in [1.82, 2.24) is 44.4 Å². The van der Waals surface area contributed by atoms with Gasteiger partial charge >= 0.3 is 0 Å². The Morgan fingerprint density at radius 2 is 1.11 bits per heavy atom. The van der Waals surface area contributed by atoms with E-state index in [0.717, 1.165) is 107 Å². The summed E-state index contributed by atoms with van der Waals surface area (Å²) in [5.74, 6) is 2.87. The van der Waals surface area contributed by atoms with Crippen LogP contribution in [-0.2, 0) is 23.4 Å². The Hall–Kier alpha value is -7.39. The molecule has 0 amide bonds. The first kappa shape index (κ1) is 50.0. The lowest BCUT2D eigenvalue weighted by molar-refractivity contribution is 0.218. The molecule has 0 aliphatic carbocycles. The number of nitrogens with zero attached hydrogens (tertiary/aromatic N) is 11. The predicted octanol–water partition coefficient (Wildman–Crippen LogP) is 6.26. The maximum absolute atomic E-state index is 11.4. The van der Waals surface area contributed by atoms with Gasteiger partial charge in [0, 0.05) is 128 Å². The van der Waals surface area contributed by atoms with Crippen molar-refractivity contribution in [2.45, 2.75) is 25.4 Å². The summed E-state index contributed by atoms with van der Waals surface area (Å²) in [7, 11) is 5.39. The molecule has 0 saturated carbocycles. The number of aryl methyl sites for hydroxylation is 2. The molecule has 5 heterocycles. The molecule has 0 radical (unpaired) electrons. The molecule has 1 saturated heterocycles. The monoisotopic (exact) mass is 983 g/mol. The Morgan fingerprint density at radius 1 is 0.620 bits per heavy atom. The number of piperidine rings is 1. The first-order chi connectivity index (χ1) is 34.3. The lowest BCUT2D eigenvalue weighted by Gasteiger charge is -2.33. The van der Waals surface area contributed by atoms with Gasteiger partial charge in [0.15, 0.2) is 0 Å². The van der Waals surface area contributed by atoms with Crippen LogP contribution in [0.3, 0.4) is 0 Å². The number of sulfone groups is 1. The summed E-state index contributed by atoms with van der Waals surface area (Å²) in [6, 6.07) is 24.0. The van der Waals surface area contributed by atoms with Crippen molar-refractivity contribution in [3.8, 4) is 45.5 Å². The van der Waals surface area contributed by atoms with Gasteiger partial charge in [0.1, 0.15) is 32.8 Å². The van der Waals surface area contributed by atoms with Crippen LogP contribution in [-0.4, -0.2) is 139 Å². The molecule has 0 spiro atoms. The van der Waals surface area contributed by atoms with E-state index in [4.69, 9.17) is 40.4 Å². The maximum Gasteiger partial charge on any atom is 0.149 e. The summed E-state index contributed by atoms with van der Waals surface area (Å²) in [5.41, 5.74) is 22.1. The molecule has 0 atom stereocenters. The van der Waals surface area contributed by atoms with Gasteiger partial charge in [0.25, 0.3) is 0 Å². The van der Waals surface area contributed by atoms with Crippen LogP contribution in [0, 0.1) is 0 Å². The average Bonchev–Trinajstić information content (AvgIpc) is 4.06. The summed E-state index contributed by atoms with van der Waals surface area (Å²) in [5, 5.41) is 8.53. The quantitative estimate of drug-likeness (QED) is 0.0969. The van der Waals surface area contributed by atoms with E-state index in [1.807, 2.05) is 73.9 Å². The number of hydrogen-bond acceptors (Lipinski definition) is 17. The summed E-state index contributed by atoms with van der Waals surface area (Å²) < 4.78 is 48.3. The van der Waals surface area contributed by atoms with Crippen LogP contribution in [0.5, 0.6) is 23.0 Å². The maximum atomic E-state index is 11.4. The highest BCUT2D eigenvalue weighted by atomic mass is 32.2. The lowest BCUT2D eigenvalue weighted by Crippen LogP contribution is -2.42. The second-order valence-electron chi connectivity index (χ2n) is 17.3.